The van der Waals surface area contributed by atoms with Crippen LogP contribution in [0.5, 0.6) is 0 Å². The molecule has 2 aromatic heterocycles. The van der Waals surface area contributed by atoms with Gasteiger partial charge in [0.25, 0.3) is 0 Å². The zero-order valence-corrected chi connectivity index (χ0v) is 11.7. The van der Waals surface area contributed by atoms with Crippen molar-refractivity contribution >= 4 is 5.82 Å². The summed E-state index contributed by atoms with van der Waals surface area (Å²) in [6.07, 6.45) is 3.97. The minimum atomic E-state index is 0.485. The summed E-state index contributed by atoms with van der Waals surface area (Å²) in [5.41, 5.74) is 1.80. The summed E-state index contributed by atoms with van der Waals surface area (Å²) in [6, 6.07) is 7.92. The summed E-state index contributed by atoms with van der Waals surface area (Å²) in [7, 11) is 0. The molecule has 2 rings (SSSR count). The van der Waals surface area contributed by atoms with Crippen LogP contribution >= 0.6 is 0 Å². The molecule has 102 valence electrons. The van der Waals surface area contributed by atoms with Gasteiger partial charge in [0.2, 0.25) is 0 Å². The molecule has 0 bridgehead atoms. The number of hydrogen-bond acceptors (Lipinski definition) is 5. The standard InChI is InChI=1S/C15H17N5/c1-3-20(9-5-7-16)14-10-12(2)18-15(19-14)13-6-4-8-17-11-13/h4,6,8,10-11H,3,5,9H2,1-2H3. The Bertz CT molecular complexity index is 603. The summed E-state index contributed by atoms with van der Waals surface area (Å²) in [4.78, 5) is 15.2. The SMILES string of the molecule is CCN(CCC#N)c1cc(C)nc(-c2cccnc2)n1. The van der Waals surface area contributed by atoms with E-state index in [1.54, 1.807) is 12.4 Å². The Hall–Kier alpha value is -2.48. The van der Waals surface area contributed by atoms with Crippen LogP contribution in [0.25, 0.3) is 11.4 Å². The summed E-state index contributed by atoms with van der Waals surface area (Å²) in [5, 5.41) is 8.73. The van der Waals surface area contributed by atoms with E-state index in [-0.39, 0.29) is 0 Å². The Morgan fingerprint density at radius 1 is 1.35 bits per heavy atom. The van der Waals surface area contributed by atoms with Gasteiger partial charge in [-0.15, -0.1) is 0 Å². The summed E-state index contributed by atoms with van der Waals surface area (Å²) in [5.74, 6) is 1.53. The average molecular weight is 267 g/mol. The predicted molar refractivity (Wildman–Crippen MR) is 78.1 cm³/mol. The fourth-order valence-electron chi connectivity index (χ4n) is 1.96. The van der Waals surface area contributed by atoms with Gasteiger partial charge in [0.05, 0.1) is 12.5 Å². The first-order valence-corrected chi connectivity index (χ1v) is 6.62. The maximum atomic E-state index is 8.73. The van der Waals surface area contributed by atoms with Gasteiger partial charge < -0.3 is 4.90 Å². The zero-order valence-electron chi connectivity index (χ0n) is 11.7. The lowest BCUT2D eigenvalue weighted by Crippen LogP contribution is -2.25. The molecule has 2 heterocycles. The Morgan fingerprint density at radius 3 is 2.85 bits per heavy atom. The van der Waals surface area contributed by atoms with E-state index in [1.165, 1.54) is 0 Å². The van der Waals surface area contributed by atoms with Crippen LogP contribution in [0.15, 0.2) is 30.6 Å². The molecule has 0 saturated heterocycles. The molecular formula is C15H17N5. The molecule has 0 fully saturated rings. The largest absolute Gasteiger partial charge is 0.356 e. The second-order valence-corrected chi connectivity index (χ2v) is 4.42. The molecule has 0 saturated carbocycles. The molecule has 0 aliphatic heterocycles. The van der Waals surface area contributed by atoms with E-state index in [0.717, 1.165) is 23.6 Å². The number of rotatable bonds is 5. The molecule has 0 N–H and O–H groups in total. The molecule has 5 nitrogen and oxygen atoms in total. The molecule has 0 radical (unpaired) electrons. The van der Waals surface area contributed by atoms with Crippen LogP contribution in [-0.2, 0) is 0 Å². The van der Waals surface area contributed by atoms with Crippen LogP contribution in [0, 0.1) is 18.3 Å². The van der Waals surface area contributed by atoms with E-state index in [4.69, 9.17) is 5.26 Å². The van der Waals surface area contributed by atoms with E-state index in [0.29, 0.717) is 18.8 Å². The number of pyridine rings is 1. The lowest BCUT2D eigenvalue weighted by molar-refractivity contribution is 0.806. The lowest BCUT2D eigenvalue weighted by atomic mass is 10.2. The van der Waals surface area contributed by atoms with Gasteiger partial charge in [-0.25, -0.2) is 9.97 Å². The van der Waals surface area contributed by atoms with Crippen molar-refractivity contribution < 1.29 is 0 Å². The van der Waals surface area contributed by atoms with E-state index < -0.39 is 0 Å². The number of aromatic nitrogens is 3. The number of hydrogen-bond donors (Lipinski definition) is 0. The number of aryl methyl sites for hydroxylation is 1. The zero-order chi connectivity index (χ0) is 14.4. The van der Waals surface area contributed by atoms with E-state index >= 15 is 0 Å². The summed E-state index contributed by atoms with van der Waals surface area (Å²) < 4.78 is 0. The maximum Gasteiger partial charge on any atom is 0.163 e. The van der Waals surface area contributed by atoms with Gasteiger partial charge in [0.15, 0.2) is 5.82 Å². The van der Waals surface area contributed by atoms with Gasteiger partial charge in [-0.3, -0.25) is 4.98 Å². The van der Waals surface area contributed by atoms with Crippen LogP contribution in [0.3, 0.4) is 0 Å². The molecule has 0 spiro atoms. The van der Waals surface area contributed by atoms with Crippen molar-refractivity contribution in [3.63, 3.8) is 0 Å². The Kier molecular flexibility index (Phi) is 4.61. The fourth-order valence-corrected chi connectivity index (χ4v) is 1.96. The molecule has 0 atom stereocenters. The third-order valence-corrected chi connectivity index (χ3v) is 2.96. The normalized spacial score (nSPS) is 10.1. The van der Waals surface area contributed by atoms with Gasteiger partial charge in [-0.2, -0.15) is 5.26 Å². The molecule has 0 aromatic carbocycles. The predicted octanol–water partition coefficient (Wildman–Crippen LogP) is 2.59. The van der Waals surface area contributed by atoms with Crippen molar-refractivity contribution in [1.29, 1.82) is 5.26 Å². The lowest BCUT2D eigenvalue weighted by Gasteiger charge is -2.21. The van der Waals surface area contributed by atoms with Crippen LogP contribution in [0.2, 0.25) is 0 Å². The van der Waals surface area contributed by atoms with E-state index in [1.807, 2.05) is 25.1 Å². The molecule has 0 unspecified atom stereocenters. The highest BCUT2D eigenvalue weighted by Gasteiger charge is 2.10. The van der Waals surface area contributed by atoms with Gasteiger partial charge in [0, 0.05) is 42.8 Å². The van der Waals surface area contributed by atoms with Crippen molar-refractivity contribution in [1.82, 2.24) is 15.0 Å². The second kappa shape index (κ2) is 6.62. The van der Waals surface area contributed by atoms with E-state index in [2.05, 4.69) is 32.8 Å². The minimum absolute atomic E-state index is 0.485. The molecule has 2 aromatic rings. The highest BCUT2D eigenvalue weighted by atomic mass is 15.2. The second-order valence-electron chi connectivity index (χ2n) is 4.42. The Morgan fingerprint density at radius 2 is 2.20 bits per heavy atom. The molecule has 0 amide bonds. The number of anilines is 1. The maximum absolute atomic E-state index is 8.73. The highest BCUT2D eigenvalue weighted by Crippen LogP contribution is 2.19. The first kappa shape index (κ1) is 13.9. The average Bonchev–Trinajstić information content (AvgIpc) is 2.48. The fraction of sp³-hybridized carbons (Fsp3) is 0.333. The molecule has 0 aliphatic carbocycles. The van der Waals surface area contributed by atoms with Crippen molar-refractivity contribution in [2.24, 2.45) is 0 Å². The quantitative estimate of drug-likeness (QED) is 0.833. The van der Waals surface area contributed by atoms with Crippen molar-refractivity contribution in [2.75, 3.05) is 18.0 Å². The van der Waals surface area contributed by atoms with Crippen LogP contribution < -0.4 is 4.90 Å². The number of nitrogens with zero attached hydrogens (tertiary/aromatic N) is 5. The summed E-state index contributed by atoms with van der Waals surface area (Å²) in [6.45, 7) is 5.49. The first-order valence-electron chi connectivity index (χ1n) is 6.62. The van der Waals surface area contributed by atoms with Crippen LogP contribution in [-0.4, -0.2) is 28.0 Å². The monoisotopic (exact) mass is 267 g/mol. The van der Waals surface area contributed by atoms with Crippen molar-refractivity contribution in [3.8, 4) is 17.5 Å². The molecule has 0 aliphatic rings. The van der Waals surface area contributed by atoms with Gasteiger partial charge in [-0.05, 0) is 26.0 Å². The number of nitriles is 1. The topological polar surface area (TPSA) is 65.7 Å². The third-order valence-electron chi connectivity index (χ3n) is 2.96. The van der Waals surface area contributed by atoms with Gasteiger partial charge in [-0.1, -0.05) is 0 Å². The molecule has 20 heavy (non-hydrogen) atoms. The third kappa shape index (κ3) is 3.29. The highest BCUT2D eigenvalue weighted by molar-refractivity contribution is 5.56. The van der Waals surface area contributed by atoms with Crippen molar-refractivity contribution in [2.45, 2.75) is 20.3 Å². The van der Waals surface area contributed by atoms with Gasteiger partial charge >= 0.3 is 0 Å². The Balaban J connectivity index is 2.36. The van der Waals surface area contributed by atoms with Crippen LogP contribution in [0.1, 0.15) is 19.0 Å². The smallest absolute Gasteiger partial charge is 0.163 e. The molecular weight excluding hydrogens is 250 g/mol. The van der Waals surface area contributed by atoms with Crippen LogP contribution in [0.4, 0.5) is 5.82 Å². The molecule has 5 heteroatoms. The Labute approximate surface area is 118 Å². The van der Waals surface area contributed by atoms with E-state index in [9.17, 15) is 0 Å². The first-order chi connectivity index (χ1) is 9.74. The van der Waals surface area contributed by atoms with Crippen molar-refractivity contribution in [3.05, 3.63) is 36.3 Å². The summed E-state index contributed by atoms with van der Waals surface area (Å²) >= 11 is 0. The van der Waals surface area contributed by atoms with Gasteiger partial charge in [0.1, 0.15) is 5.82 Å². The minimum Gasteiger partial charge on any atom is -0.356 e.